The SMILES string of the molecule is CC1CC(C)CN(C2CCCC(N)C2)C1. The summed E-state index contributed by atoms with van der Waals surface area (Å²) >= 11 is 0. The fraction of sp³-hybridized carbons (Fsp3) is 1.00. The summed E-state index contributed by atoms with van der Waals surface area (Å²) in [5.74, 6) is 1.76. The molecule has 88 valence electrons. The highest BCUT2D eigenvalue weighted by molar-refractivity contribution is 4.86. The number of nitrogens with zero attached hydrogens (tertiary/aromatic N) is 1. The van der Waals surface area contributed by atoms with Gasteiger partial charge in [0, 0.05) is 25.2 Å². The van der Waals surface area contributed by atoms with E-state index < -0.39 is 0 Å². The van der Waals surface area contributed by atoms with Crippen molar-refractivity contribution in [3.63, 3.8) is 0 Å². The Morgan fingerprint density at radius 3 is 2.27 bits per heavy atom. The molecule has 1 saturated carbocycles. The van der Waals surface area contributed by atoms with Gasteiger partial charge in [-0.05, 0) is 37.5 Å². The molecular weight excluding hydrogens is 184 g/mol. The maximum absolute atomic E-state index is 6.07. The second-order valence-electron chi connectivity index (χ2n) is 5.98. The Morgan fingerprint density at radius 2 is 1.67 bits per heavy atom. The van der Waals surface area contributed by atoms with E-state index in [0.717, 1.165) is 17.9 Å². The topological polar surface area (TPSA) is 29.3 Å². The van der Waals surface area contributed by atoms with Crippen molar-refractivity contribution in [3.8, 4) is 0 Å². The average Bonchev–Trinajstić information content (AvgIpc) is 2.16. The van der Waals surface area contributed by atoms with Gasteiger partial charge in [0.05, 0.1) is 0 Å². The van der Waals surface area contributed by atoms with Crippen molar-refractivity contribution in [2.75, 3.05) is 13.1 Å². The highest BCUT2D eigenvalue weighted by Gasteiger charge is 2.30. The molecule has 2 fully saturated rings. The predicted molar refractivity (Wildman–Crippen MR) is 64.7 cm³/mol. The van der Waals surface area contributed by atoms with E-state index in [1.165, 1.54) is 45.2 Å². The molecule has 1 aliphatic carbocycles. The molecule has 2 rings (SSSR count). The number of nitrogens with two attached hydrogens (primary N) is 1. The summed E-state index contributed by atoms with van der Waals surface area (Å²) in [7, 11) is 0. The van der Waals surface area contributed by atoms with Crippen LogP contribution in [0.3, 0.4) is 0 Å². The van der Waals surface area contributed by atoms with E-state index in [2.05, 4.69) is 18.7 Å². The molecule has 1 aliphatic heterocycles. The van der Waals surface area contributed by atoms with E-state index in [9.17, 15) is 0 Å². The van der Waals surface area contributed by atoms with Crippen LogP contribution in [0.25, 0.3) is 0 Å². The van der Waals surface area contributed by atoms with Gasteiger partial charge in [-0.1, -0.05) is 20.3 Å². The first kappa shape index (κ1) is 11.4. The van der Waals surface area contributed by atoms with Gasteiger partial charge in [0.2, 0.25) is 0 Å². The minimum absolute atomic E-state index is 0.469. The summed E-state index contributed by atoms with van der Waals surface area (Å²) in [4.78, 5) is 2.72. The first-order chi connectivity index (χ1) is 7.15. The Balaban J connectivity index is 1.91. The summed E-state index contributed by atoms with van der Waals surface area (Å²) < 4.78 is 0. The lowest BCUT2D eigenvalue weighted by molar-refractivity contribution is 0.0717. The lowest BCUT2D eigenvalue weighted by Crippen LogP contribution is -2.48. The molecule has 1 saturated heterocycles. The van der Waals surface area contributed by atoms with Crippen LogP contribution < -0.4 is 5.73 Å². The number of piperidine rings is 1. The summed E-state index contributed by atoms with van der Waals surface area (Å²) in [6.07, 6.45) is 6.61. The van der Waals surface area contributed by atoms with Crippen molar-refractivity contribution in [1.82, 2.24) is 4.90 Å². The third-order valence-electron chi connectivity index (χ3n) is 4.10. The van der Waals surface area contributed by atoms with Crippen LogP contribution in [0.15, 0.2) is 0 Å². The maximum Gasteiger partial charge on any atom is 0.0110 e. The van der Waals surface area contributed by atoms with Crippen molar-refractivity contribution in [3.05, 3.63) is 0 Å². The van der Waals surface area contributed by atoms with E-state index in [-0.39, 0.29) is 0 Å². The lowest BCUT2D eigenvalue weighted by atomic mass is 9.86. The molecule has 0 aromatic heterocycles. The highest BCUT2D eigenvalue weighted by Crippen LogP contribution is 2.28. The molecule has 2 aliphatic rings. The van der Waals surface area contributed by atoms with E-state index in [1.807, 2.05) is 0 Å². The monoisotopic (exact) mass is 210 g/mol. The number of hydrogen-bond acceptors (Lipinski definition) is 2. The van der Waals surface area contributed by atoms with Gasteiger partial charge < -0.3 is 5.73 Å². The Labute approximate surface area is 94.2 Å². The molecule has 0 spiro atoms. The van der Waals surface area contributed by atoms with Crippen LogP contribution in [-0.2, 0) is 0 Å². The van der Waals surface area contributed by atoms with E-state index in [1.54, 1.807) is 0 Å². The fourth-order valence-corrected chi connectivity index (χ4v) is 3.54. The number of likely N-dealkylation sites (tertiary alicyclic amines) is 1. The molecule has 2 heteroatoms. The first-order valence-electron chi connectivity index (χ1n) is 6.64. The molecule has 15 heavy (non-hydrogen) atoms. The third kappa shape index (κ3) is 2.94. The molecule has 0 radical (unpaired) electrons. The normalized spacial score (nSPS) is 44.2. The van der Waals surface area contributed by atoms with Crippen molar-refractivity contribution in [2.45, 2.75) is 58.0 Å². The standard InChI is InChI=1S/C13H26N2/c1-10-6-11(2)9-15(8-10)13-5-3-4-12(14)7-13/h10-13H,3-9,14H2,1-2H3. The number of rotatable bonds is 1. The van der Waals surface area contributed by atoms with Crippen LogP contribution in [0.4, 0.5) is 0 Å². The third-order valence-corrected chi connectivity index (χ3v) is 4.10. The average molecular weight is 210 g/mol. The quantitative estimate of drug-likeness (QED) is 0.719. The second-order valence-corrected chi connectivity index (χ2v) is 5.98. The van der Waals surface area contributed by atoms with Gasteiger partial charge in [0.25, 0.3) is 0 Å². The van der Waals surface area contributed by atoms with Crippen LogP contribution in [-0.4, -0.2) is 30.1 Å². The minimum Gasteiger partial charge on any atom is -0.328 e. The molecule has 0 aromatic rings. The largest absolute Gasteiger partial charge is 0.328 e. The highest BCUT2D eigenvalue weighted by atomic mass is 15.2. The lowest BCUT2D eigenvalue weighted by Gasteiger charge is -2.42. The van der Waals surface area contributed by atoms with Gasteiger partial charge in [-0.25, -0.2) is 0 Å². The smallest absolute Gasteiger partial charge is 0.0110 e. The molecule has 0 bridgehead atoms. The molecule has 2 N–H and O–H groups in total. The zero-order valence-electron chi connectivity index (χ0n) is 10.3. The van der Waals surface area contributed by atoms with Gasteiger partial charge >= 0.3 is 0 Å². The molecule has 0 amide bonds. The summed E-state index contributed by atoms with van der Waals surface area (Å²) in [5, 5.41) is 0. The Morgan fingerprint density at radius 1 is 1.00 bits per heavy atom. The van der Waals surface area contributed by atoms with Crippen molar-refractivity contribution < 1.29 is 0 Å². The molecule has 1 heterocycles. The van der Waals surface area contributed by atoms with Gasteiger partial charge in [-0.15, -0.1) is 0 Å². The Bertz CT molecular complexity index is 195. The van der Waals surface area contributed by atoms with Gasteiger partial charge in [-0.2, -0.15) is 0 Å². The molecule has 4 unspecified atom stereocenters. The molecule has 0 aromatic carbocycles. The zero-order chi connectivity index (χ0) is 10.8. The van der Waals surface area contributed by atoms with Gasteiger partial charge in [-0.3, -0.25) is 4.90 Å². The maximum atomic E-state index is 6.07. The van der Waals surface area contributed by atoms with Crippen molar-refractivity contribution >= 4 is 0 Å². The minimum atomic E-state index is 0.469. The molecular formula is C13H26N2. The molecule has 2 nitrogen and oxygen atoms in total. The van der Waals surface area contributed by atoms with Crippen LogP contribution in [0, 0.1) is 11.8 Å². The zero-order valence-corrected chi connectivity index (χ0v) is 10.3. The van der Waals surface area contributed by atoms with Crippen LogP contribution in [0.2, 0.25) is 0 Å². The second kappa shape index (κ2) is 4.84. The van der Waals surface area contributed by atoms with Crippen molar-refractivity contribution in [2.24, 2.45) is 17.6 Å². The fourth-order valence-electron chi connectivity index (χ4n) is 3.54. The van der Waals surface area contributed by atoms with E-state index >= 15 is 0 Å². The van der Waals surface area contributed by atoms with Gasteiger partial charge in [0.1, 0.15) is 0 Å². The first-order valence-corrected chi connectivity index (χ1v) is 6.64. The number of hydrogen-bond donors (Lipinski definition) is 1. The van der Waals surface area contributed by atoms with Crippen LogP contribution in [0.1, 0.15) is 46.0 Å². The molecule has 4 atom stereocenters. The van der Waals surface area contributed by atoms with Crippen LogP contribution in [0.5, 0.6) is 0 Å². The Hall–Kier alpha value is -0.0800. The van der Waals surface area contributed by atoms with E-state index in [0.29, 0.717) is 6.04 Å². The Kier molecular flexibility index (Phi) is 3.68. The van der Waals surface area contributed by atoms with Gasteiger partial charge in [0.15, 0.2) is 0 Å². The van der Waals surface area contributed by atoms with Crippen LogP contribution >= 0.6 is 0 Å². The summed E-state index contributed by atoms with van der Waals surface area (Å²) in [6, 6.07) is 1.26. The predicted octanol–water partition coefficient (Wildman–Crippen LogP) is 2.23. The van der Waals surface area contributed by atoms with E-state index in [4.69, 9.17) is 5.73 Å². The van der Waals surface area contributed by atoms with Crippen molar-refractivity contribution in [1.29, 1.82) is 0 Å². The summed E-state index contributed by atoms with van der Waals surface area (Å²) in [6.45, 7) is 7.40. The summed E-state index contributed by atoms with van der Waals surface area (Å²) in [5.41, 5.74) is 6.07.